The molecule has 0 saturated carbocycles. The molecule has 2 unspecified atom stereocenters. The average molecular weight is 558 g/mol. The van der Waals surface area contributed by atoms with Crippen molar-refractivity contribution in [2.24, 2.45) is 17.3 Å². The van der Waals surface area contributed by atoms with Crippen LogP contribution in [0.25, 0.3) is 0 Å². The Balaban J connectivity index is 1.76. The fourth-order valence-corrected chi connectivity index (χ4v) is 10.1. The molecule has 3 amide bonds. The van der Waals surface area contributed by atoms with Gasteiger partial charge < -0.3 is 20.6 Å². The van der Waals surface area contributed by atoms with Crippen LogP contribution < -0.4 is 10.6 Å². The number of nitrogens with zero attached hydrogens (tertiary/aromatic N) is 1. The number of fused-ring (bicyclic) bond motifs is 1. The Kier molecular flexibility index (Phi) is 8.23. The molecular formula is C31H47N3O4S. The number of thioether (sulfide) groups is 1. The van der Waals surface area contributed by atoms with Crippen molar-refractivity contribution in [1.29, 1.82) is 0 Å². The summed E-state index contributed by atoms with van der Waals surface area (Å²) in [7, 11) is 0. The van der Waals surface area contributed by atoms with Crippen LogP contribution in [0.2, 0.25) is 0 Å². The zero-order chi connectivity index (χ0) is 28.8. The van der Waals surface area contributed by atoms with Gasteiger partial charge in [-0.05, 0) is 63.9 Å². The van der Waals surface area contributed by atoms with Crippen LogP contribution in [-0.4, -0.2) is 68.0 Å². The number of aliphatic hydroxyl groups is 1. The van der Waals surface area contributed by atoms with Crippen LogP contribution in [0.5, 0.6) is 0 Å². The standard InChI is InChI=1S/C31H47N3O4S/c1-8-16-32-25(36)22-23-27(38)34(21(18-35)17-20-12-10-9-11-13-20)24(31(23)15-14-30(22,7)39-31)26(37)33-29(5,6)19-28(2,3)4/h9-13,21-24,35H,8,14-19H2,1-7H3,(H,32,36)(H,33,37)/t21-,22+,23+,24?,30-,31?/m1/s1. The fourth-order valence-electron chi connectivity index (χ4n) is 7.72. The number of carbonyl (C=O) groups excluding carboxylic acids is 3. The first-order valence-electron chi connectivity index (χ1n) is 14.4. The Morgan fingerprint density at radius 1 is 1.13 bits per heavy atom. The lowest BCUT2D eigenvalue weighted by Gasteiger charge is -2.40. The molecule has 8 heteroatoms. The number of hydrogen-bond acceptors (Lipinski definition) is 5. The van der Waals surface area contributed by atoms with Crippen molar-refractivity contribution in [3.05, 3.63) is 35.9 Å². The fraction of sp³-hybridized carbons (Fsp3) is 0.710. The quantitative estimate of drug-likeness (QED) is 0.405. The molecule has 2 bridgehead atoms. The van der Waals surface area contributed by atoms with Crippen molar-refractivity contribution in [2.45, 2.75) is 108 Å². The molecule has 0 aliphatic carbocycles. The lowest BCUT2D eigenvalue weighted by atomic mass is 9.66. The molecule has 4 rings (SSSR count). The Hall–Kier alpha value is -2.06. The molecule has 3 aliphatic heterocycles. The molecule has 3 N–H and O–H groups in total. The van der Waals surface area contributed by atoms with Crippen LogP contribution in [0.15, 0.2) is 30.3 Å². The van der Waals surface area contributed by atoms with Crippen LogP contribution in [0.4, 0.5) is 0 Å². The number of rotatable bonds is 10. The van der Waals surface area contributed by atoms with Gasteiger partial charge in [-0.2, -0.15) is 0 Å². The van der Waals surface area contributed by atoms with Gasteiger partial charge in [-0.3, -0.25) is 14.4 Å². The largest absolute Gasteiger partial charge is 0.394 e. The van der Waals surface area contributed by atoms with Crippen molar-refractivity contribution < 1.29 is 19.5 Å². The van der Waals surface area contributed by atoms with Crippen molar-refractivity contribution >= 4 is 29.5 Å². The predicted molar refractivity (Wildman–Crippen MR) is 156 cm³/mol. The SMILES string of the molecule is CCCNC(=O)[C@@H]1[C@H]2C(=O)N([C@@H](CO)Cc3ccccc3)C(C(=O)NC(C)(C)CC(C)(C)C)C23CC[C@@]1(C)S3. The number of carbonyl (C=O) groups is 3. The summed E-state index contributed by atoms with van der Waals surface area (Å²) in [4.78, 5) is 44.0. The second-order valence-electron chi connectivity index (χ2n) is 13.9. The van der Waals surface area contributed by atoms with Gasteiger partial charge in [0.2, 0.25) is 17.7 Å². The van der Waals surface area contributed by atoms with E-state index in [9.17, 15) is 19.5 Å². The summed E-state index contributed by atoms with van der Waals surface area (Å²) < 4.78 is -1.11. The Morgan fingerprint density at radius 3 is 2.38 bits per heavy atom. The molecular weight excluding hydrogens is 510 g/mol. The van der Waals surface area contributed by atoms with Gasteiger partial charge in [-0.25, -0.2) is 0 Å². The third-order valence-corrected chi connectivity index (χ3v) is 10.6. The lowest BCUT2D eigenvalue weighted by Crippen LogP contribution is -2.60. The van der Waals surface area contributed by atoms with Gasteiger partial charge in [0.05, 0.1) is 29.2 Å². The number of nitrogens with one attached hydrogen (secondary N) is 2. The molecule has 3 saturated heterocycles. The first-order chi connectivity index (χ1) is 18.2. The van der Waals surface area contributed by atoms with Crippen LogP contribution in [0.1, 0.15) is 79.7 Å². The summed E-state index contributed by atoms with van der Waals surface area (Å²) in [6.45, 7) is 14.9. The van der Waals surface area contributed by atoms with Crippen molar-refractivity contribution in [3.63, 3.8) is 0 Å². The Labute approximate surface area is 238 Å². The molecule has 7 nitrogen and oxygen atoms in total. The Morgan fingerprint density at radius 2 is 1.79 bits per heavy atom. The van der Waals surface area contributed by atoms with E-state index in [2.05, 4.69) is 38.3 Å². The summed E-state index contributed by atoms with van der Waals surface area (Å²) in [5.74, 6) is -1.55. The van der Waals surface area contributed by atoms with Crippen LogP contribution in [0.3, 0.4) is 0 Å². The maximum atomic E-state index is 14.4. The molecule has 3 heterocycles. The van der Waals surface area contributed by atoms with E-state index in [0.29, 0.717) is 19.4 Å². The highest BCUT2D eigenvalue weighted by atomic mass is 32.2. The minimum absolute atomic E-state index is 0.000226. The summed E-state index contributed by atoms with van der Waals surface area (Å²) in [5, 5.41) is 17.0. The zero-order valence-electron chi connectivity index (χ0n) is 24.7. The second kappa shape index (κ2) is 10.7. The number of benzene rings is 1. The molecule has 6 atom stereocenters. The molecule has 39 heavy (non-hydrogen) atoms. The summed E-state index contributed by atoms with van der Waals surface area (Å²) >= 11 is 1.67. The van der Waals surface area contributed by atoms with Crippen molar-refractivity contribution in [3.8, 4) is 0 Å². The van der Waals surface area contributed by atoms with Gasteiger partial charge >= 0.3 is 0 Å². The molecule has 3 aliphatic rings. The molecule has 0 radical (unpaired) electrons. The molecule has 1 aromatic rings. The average Bonchev–Trinajstić information content (AvgIpc) is 3.40. The summed E-state index contributed by atoms with van der Waals surface area (Å²) in [5.41, 5.74) is 0.503. The zero-order valence-corrected chi connectivity index (χ0v) is 25.5. The first kappa shape index (κ1) is 29.9. The van der Waals surface area contributed by atoms with Gasteiger partial charge in [0.1, 0.15) is 6.04 Å². The van der Waals surface area contributed by atoms with E-state index < -0.39 is 39.0 Å². The van der Waals surface area contributed by atoms with E-state index in [4.69, 9.17) is 0 Å². The third-order valence-electron chi connectivity index (χ3n) is 8.65. The number of likely N-dealkylation sites (tertiary alicyclic amines) is 1. The topological polar surface area (TPSA) is 98.7 Å². The molecule has 3 fully saturated rings. The van der Waals surface area contributed by atoms with Gasteiger partial charge in [-0.15, -0.1) is 11.8 Å². The maximum absolute atomic E-state index is 14.4. The number of aliphatic hydroxyl groups excluding tert-OH is 1. The molecule has 1 spiro atoms. The highest BCUT2D eigenvalue weighted by molar-refractivity contribution is 8.02. The van der Waals surface area contributed by atoms with E-state index in [-0.39, 0.29) is 29.7 Å². The van der Waals surface area contributed by atoms with Crippen LogP contribution in [0, 0.1) is 17.3 Å². The van der Waals surface area contributed by atoms with Gasteiger partial charge in [0.25, 0.3) is 0 Å². The van der Waals surface area contributed by atoms with E-state index >= 15 is 0 Å². The molecule has 0 aromatic heterocycles. The third kappa shape index (κ3) is 5.61. The van der Waals surface area contributed by atoms with Crippen LogP contribution >= 0.6 is 11.8 Å². The van der Waals surface area contributed by atoms with Gasteiger partial charge in [0.15, 0.2) is 0 Å². The second-order valence-corrected chi connectivity index (χ2v) is 15.8. The lowest BCUT2D eigenvalue weighted by molar-refractivity contribution is -0.143. The van der Waals surface area contributed by atoms with E-state index in [1.165, 1.54) is 0 Å². The van der Waals surface area contributed by atoms with Gasteiger partial charge in [0, 0.05) is 16.8 Å². The molecule has 216 valence electrons. The maximum Gasteiger partial charge on any atom is 0.244 e. The van der Waals surface area contributed by atoms with E-state index in [1.54, 1.807) is 16.7 Å². The van der Waals surface area contributed by atoms with Gasteiger partial charge in [-0.1, -0.05) is 58.0 Å². The smallest absolute Gasteiger partial charge is 0.244 e. The highest BCUT2D eigenvalue weighted by Gasteiger charge is 2.77. The van der Waals surface area contributed by atoms with E-state index in [0.717, 1.165) is 24.8 Å². The minimum Gasteiger partial charge on any atom is -0.394 e. The molecule has 1 aromatic carbocycles. The normalized spacial score (nSPS) is 30.8. The van der Waals surface area contributed by atoms with Crippen molar-refractivity contribution in [1.82, 2.24) is 15.5 Å². The highest BCUT2D eigenvalue weighted by Crippen LogP contribution is 2.71. The van der Waals surface area contributed by atoms with Crippen LogP contribution in [-0.2, 0) is 20.8 Å². The predicted octanol–water partition coefficient (Wildman–Crippen LogP) is 3.93. The summed E-state index contributed by atoms with van der Waals surface area (Å²) in [6, 6.07) is 8.45. The van der Waals surface area contributed by atoms with Crippen molar-refractivity contribution in [2.75, 3.05) is 13.2 Å². The summed E-state index contributed by atoms with van der Waals surface area (Å²) in [6.07, 6.45) is 3.49. The Bertz CT molecular complexity index is 1090. The minimum atomic E-state index is -0.758. The monoisotopic (exact) mass is 557 g/mol. The first-order valence-corrected chi connectivity index (χ1v) is 15.3. The number of hydrogen-bond donors (Lipinski definition) is 3. The van der Waals surface area contributed by atoms with E-state index in [1.807, 2.05) is 51.1 Å². The number of amides is 3.